The van der Waals surface area contributed by atoms with Gasteiger partial charge in [-0.1, -0.05) is 0 Å². The second-order valence-corrected chi connectivity index (χ2v) is 3.45. The van der Waals surface area contributed by atoms with Crippen LogP contribution in [0.4, 0.5) is 0 Å². The van der Waals surface area contributed by atoms with E-state index in [-0.39, 0.29) is 5.54 Å². The highest BCUT2D eigenvalue weighted by molar-refractivity contribution is 5.16. The van der Waals surface area contributed by atoms with Gasteiger partial charge in [-0.05, 0) is 26.8 Å². The molecule has 1 heterocycles. The Morgan fingerprint density at radius 2 is 2.00 bits per heavy atom. The van der Waals surface area contributed by atoms with Gasteiger partial charge < -0.3 is 9.67 Å². The van der Waals surface area contributed by atoms with E-state index in [1.807, 2.05) is 10.8 Å². The van der Waals surface area contributed by atoms with Crippen LogP contribution in [0.15, 0.2) is 18.5 Å². The van der Waals surface area contributed by atoms with Crippen molar-refractivity contribution in [1.82, 2.24) is 4.57 Å². The third-order valence-electron chi connectivity index (χ3n) is 1.45. The molecule has 10 heavy (non-hydrogen) atoms. The number of aromatic nitrogens is 1. The molecule has 1 rings (SSSR count). The van der Waals surface area contributed by atoms with E-state index in [2.05, 4.69) is 20.8 Å². The number of aromatic hydroxyl groups is 1. The summed E-state index contributed by atoms with van der Waals surface area (Å²) in [6.07, 6.45) is 3.59. The van der Waals surface area contributed by atoms with E-state index >= 15 is 0 Å². The Kier molecular flexibility index (Phi) is 1.47. The molecule has 56 valence electrons. The molecule has 0 fully saturated rings. The van der Waals surface area contributed by atoms with Crippen LogP contribution in [0.1, 0.15) is 20.8 Å². The minimum absolute atomic E-state index is 0.0704. The molecule has 2 nitrogen and oxygen atoms in total. The Morgan fingerprint density at radius 1 is 1.40 bits per heavy atom. The van der Waals surface area contributed by atoms with Crippen molar-refractivity contribution in [2.45, 2.75) is 26.3 Å². The van der Waals surface area contributed by atoms with Crippen LogP contribution in [-0.4, -0.2) is 9.67 Å². The SMILES string of the molecule is CC(C)(C)n1ccc(O)c1. The number of hydrogen-bond donors (Lipinski definition) is 1. The van der Waals surface area contributed by atoms with Crippen molar-refractivity contribution in [3.8, 4) is 5.75 Å². The highest BCUT2D eigenvalue weighted by Gasteiger charge is 2.11. The zero-order valence-corrected chi connectivity index (χ0v) is 6.63. The van der Waals surface area contributed by atoms with Crippen molar-refractivity contribution >= 4 is 0 Å². The zero-order chi connectivity index (χ0) is 7.78. The molecule has 1 aromatic heterocycles. The number of rotatable bonds is 0. The van der Waals surface area contributed by atoms with Gasteiger partial charge in [-0.15, -0.1) is 0 Å². The quantitative estimate of drug-likeness (QED) is 0.584. The Balaban J connectivity index is 2.96. The summed E-state index contributed by atoms with van der Waals surface area (Å²) in [7, 11) is 0. The van der Waals surface area contributed by atoms with E-state index in [9.17, 15) is 0 Å². The minimum atomic E-state index is 0.0704. The molecule has 0 aliphatic carbocycles. The Labute approximate surface area is 61.1 Å². The summed E-state index contributed by atoms with van der Waals surface area (Å²) >= 11 is 0. The first-order valence-corrected chi connectivity index (χ1v) is 3.37. The molecule has 0 atom stereocenters. The molecular formula is C8H13NO. The molecule has 0 saturated heterocycles. The molecular weight excluding hydrogens is 126 g/mol. The molecule has 0 aliphatic rings. The lowest BCUT2D eigenvalue weighted by Crippen LogP contribution is -2.19. The summed E-state index contributed by atoms with van der Waals surface area (Å²) in [5, 5.41) is 9.00. The summed E-state index contributed by atoms with van der Waals surface area (Å²) in [5.41, 5.74) is 0.0704. The lowest BCUT2D eigenvalue weighted by molar-refractivity contribution is 0.392. The van der Waals surface area contributed by atoms with Crippen LogP contribution in [0.3, 0.4) is 0 Å². The molecule has 0 bridgehead atoms. The standard InChI is InChI=1S/C8H13NO/c1-8(2,3)9-5-4-7(10)6-9/h4-6,10H,1-3H3. The molecule has 0 spiro atoms. The van der Waals surface area contributed by atoms with Gasteiger partial charge in [0.2, 0.25) is 0 Å². The second-order valence-electron chi connectivity index (χ2n) is 3.45. The summed E-state index contributed by atoms with van der Waals surface area (Å²) in [4.78, 5) is 0. The van der Waals surface area contributed by atoms with E-state index in [1.165, 1.54) is 0 Å². The van der Waals surface area contributed by atoms with Crippen LogP contribution >= 0.6 is 0 Å². The normalized spacial score (nSPS) is 11.9. The fraction of sp³-hybridized carbons (Fsp3) is 0.500. The van der Waals surface area contributed by atoms with Crippen LogP contribution in [0.25, 0.3) is 0 Å². The first-order valence-electron chi connectivity index (χ1n) is 3.37. The van der Waals surface area contributed by atoms with E-state index < -0.39 is 0 Å². The van der Waals surface area contributed by atoms with Crippen molar-refractivity contribution in [3.05, 3.63) is 18.5 Å². The van der Waals surface area contributed by atoms with Gasteiger partial charge in [0.05, 0.1) is 0 Å². The van der Waals surface area contributed by atoms with Crippen molar-refractivity contribution in [1.29, 1.82) is 0 Å². The van der Waals surface area contributed by atoms with Gasteiger partial charge >= 0.3 is 0 Å². The predicted molar refractivity (Wildman–Crippen MR) is 41.1 cm³/mol. The van der Waals surface area contributed by atoms with E-state index in [4.69, 9.17) is 5.11 Å². The van der Waals surface area contributed by atoms with Gasteiger partial charge in [-0.2, -0.15) is 0 Å². The van der Waals surface area contributed by atoms with E-state index in [0.717, 1.165) is 0 Å². The van der Waals surface area contributed by atoms with Crippen LogP contribution < -0.4 is 0 Å². The maximum Gasteiger partial charge on any atom is 0.133 e. The third-order valence-corrected chi connectivity index (χ3v) is 1.45. The van der Waals surface area contributed by atoms with Gasteiger partial charge in [-0.3, -0.25) is 0 Å². The van der Waals surface area contributed by atoms with Gasteiger partial charge in [-0.25, -0.2) is 0 Å². The van der Waals surface area contributed by atoms with Crippen LogP contribution in [-0.2, 0) is 5.54 Å². The average molecular weight is 139 g/mol. The second kappa shape index (κ2) is 2.04. The monoisotopic (exact) mass is 139 g/mol. The Hall–Kier alpha value is -0.920. The number of nitrogens with zero attached hydrogens (tertiary/aromatic N) is 1. The molecule has 0 radical (unpaired) electrons. The lowest BCUT2D eigenvalue weighted by atomic mass is 10.1. The molecule has 2 heteroatoms. The minimum Gasteiger partial charge on any atom is -0.506 e. The maximum atomic E-state index is 9.00. The zero-order valence-electron chi connectivity index (χ0n) is 6.63. The molecule has 0 aromatic carbocycles. The largest absolute Gasteiger partial charge is 0.506 e. The first kappa shape index (κ1) is 7.19. The predicted octanol–water partition coefficient (Wildman–Crippen LogP) is 1.95. The maximum absolute atomic E-state index is 9.00. The number of hydrogen-bond acceptors (Lipinski definition) is 1. The average Bonchev–Trinajstić information content (AvgIpc) is 2.11. The highest BCUT2D eigenvalue weighted by Crippen LogP contribution is 2.18. The molecule has 0 amide bonds. The first-order chi connectivity index (χ1) is 4.50. The molecule has 0 saturated carbocycles. The van der Waals surface area contributed by atoms with Gasteiger partial charge in [0.1, 0.15) is 5.75 Å². The van der Waals surface area contributed by atoms with Gasteiger partial charge in [0, 0.05) is 17.9 Å². The van der Waals surface area contributed by atoms with Crippen LogP contribution in [0.2, 0.25) is 0 Å². The van der Waals surface area contributed by atoms with E-state index in [0.29, 0.717) is 5.75 Å². The van der Waals surface area contributed by atoms with Crippen molar-refractivity contribution in [2.75, 3.05) is 0 Å². The van der Waals surface area contributed by atoms with E-state index in [1.54, 1.807) is 12.3 Å². The Bertz CT molecular complexity index is 219. The lowest BCUT2D eigenvalue weighted by Gasteiger charge is -2.20. The Morgan fingerprint density at radius 3 is 2.20 bits per heavy atom. The van der Waals surface area contributed by atoms with Crippen molar-refractivity contribution in [2.24, 2.45) is 0 Å². The fourth-order valence-electron chi connectivity index (χ4n) is 0.802. The van der Waals surface area contributed by atoms with Crippen molar-refractivity contribution < 1.29 is 5.11 Å². The fourth-order valence-corrected chi connectivity index (χ4v) is 0.802. The summed E-state index contributed by atoms with van der Waals surface area (Å²) < 4.78 is 1.97. The summed E-state index contributed by atoms with van der Waals surface area (Å²) in [6.45, 7) is 6.27. The van der Waals surface area contributed by atoms with Gasteiger partial charge in [0.15, 0.2) is 0 Å². The summed E-state index contributed by atoms with van der Waals surface area (Å²) in [5.74, 6) is 0.329. The summed E-state index contributed by atoms with van der Waals surface area (Å²) in [6, 6.07) is 1.69. The van der Waals surface area contributed by atoms with Crippen molar-refractivity contribution in [3.63, 3.8) is 0 Å². The third kappa shape index (κ3) is 1.32. The smallest absolute Gasteiger partial charge is 0.133 e. The molecule has 1 aromatic rings. The molecule has 0 aliphatic heterocycles. The highest BCUT2D eigenvalue weighted by atomic mass is 16.3. The van der Waals surface area contributed by atoms with Crippen LogP contribution in [0.5, 0.6) is 5.75 Å². The van der Waals surface area contributed by atoms with Crippen LogP contribution in [0, 0.1) is 0 Å². The molecule has 1 N–H and O–H groups in total. The molecule has 0 unspecified atom stereocenters. The topological polar surface area (TPSA) is 25.2 Å². The van der Waals surface area contributed by atoms with Gasteiger partial charge in [0.25, 0.3) is 0 Å².